The van der Waals surface area contributed by atoms with E-state index in [-0.39, 0.29) is 0 Å². The largest absolute Gasteiger partial charge is 0.380 e. The summed E-state index contributed by atoms with van der Waals surface area (Å²) in [5.41, 5.74) is 5.51. The average molecular weight is 338 g/mol. The molecule has 2 aromatic heterocycles. The van der Waals surface area contributed by atoms with E-state index in [2.05, 4.69) is 39.1 Å². The minimum absolute atomic E-state index is 0.588. The van der Waals surface area contributed by atoms with Gasteiger partial charge in [-0.1, -0.05) is 6.07 Å². The predicted molar refractivity (Wildman–Crippen MR) is 97.0 cm³/mol. The molecule has 0 unspecified atom stereocenters. The molecule has 0 bridgehead atoms. The van der Waals surface area contributed by atoms with Crippen molar-refractivity contribution in [3.05, 3.63) is 59.2 Å². The summed E-state index contributed by atoms with van der Waals surface area (Å²) in [6, 6.07) is 4.71. The van der Waals surface area contributed by atoms with Gasteiger partial charge in [0.05, 0.1) is 6.61 Å². The maximum atomic E-state index is 5.56. The lowest BCUT2D eigenvalue weighted by atomic mass is 9.95. The minimum Gasteiger partial charge on any atom is -0.380 e. The van der Waals surface area contributed by atoms with Gasteiger partial charge in [0.25, 0.3) is 0 Å². The highest BCUT2D eigenvalue weighted by Gasteiger charge is 2.27. The maximum Gasteiger partial charge on any atom is 0.0622 e. The van der Waals surface area contributed by atoms with Gasteiger partial charge in [0, 0.05) is 63.6 Å². The molecule has 5 heteroatoms. The lowest BCUT2D eigenvalue weighted by molar-refractivity contribution is 0.134. The Labute approximate surface area is 149 Å². The summed E-state index contributed by atoms with van der Waals surface area (Å²) in [5, 5.41) is 0. The molecule has 0 radical (unpaired) electrons. The third-order valence-electron chi connectivity index (χ3n) is 5.30. The third-order valence-corrected chi connectivity index (χ3v) is 5.30. The molecule has 1 atom stereocenters. The van der Waals surface area contributed by atoms with Crippen molar-refractivity contribution in [2.75, 3.05) is 26.8 Å². The smallest absolute Gasteiger partial charge is 0.0622 e. The van der Waals surface area contributed by atoms with Gasteiger partial charge in [-0.05, 0) is 48.2 Å². The lowest BCUT2D eigenvalue weighted by Crippen LogP contribution is -2.40. The van der Waals surface area contributed by atoms with Gasteiger partial charge >= 0.3 is 0 Å². The topological polar surface area (TPSA) is 41.5 Å². The molecule has 25 heavy (non-hydrogen) atoms. The molecular weight excluding hydrogens is 312 g/mol. The Kier molecular flexibility index (Phi) is 5.06. The van der Waals surface area contributed by atoms with Gasteiger partial charge in [0.15, 0.2) is 0 Å². The summed E-state index contributed by atoms with van der Waals surface area (Å²) >= 11 is 0. The highest BCUT2D eigenvalue weighted by Crippen LogP contribution is 2.26. The van der Waals surface area contributed by atoms with Crippen LogP contribution in [-0.2, 0) is 30.8 Å². The Morgan fingerprint density at radius 3 is 3.00 bits per heavy atom. The standard InChI is InChI=1S/C20H26N4O/c1-23(12-16-3-2-6-21-9-16)13-17-10-22-11-18-14-24(7-4-20(17)18)19-5-8-25-15-19/h2-3,6,9-11,19H,4-5,7-8,12-15H2,1H3/t19-/m0/s1. The van der Waals surface area contributed by atoms with Crippen LogP contribution in [0.5, 0.6) is 0 Å². The Morgan fingerprint density at radius 2 is 2.20 bits per heavy atom. The second kappa shape index (κ2) is 7.60. The van der Waals surface area contributed by atoms with Gasteiger partial charge in [-0.15, -0.1) is 0 Å². The highest BCUT2D eigenvalue weighted by molar-refractivity contribution is 5.34. The summed E-state index contributed by atoms with van der Waals surface area (Å²) in [7, 11) is 2.16. The molecule has 0 aliphatic carbocycles. The van der Waals surface area contributed by atoms with E-state index in [0.29, 0.717) is 6.04 Å². The number of nitrogens with zero attached hydrogens (tertiary/aromatic N) is 4. The van der Waals surface area contributed by atoms with Crippen molar-refractivity contribution >= 4 is 0 Å². The zero-order valence-electron chi connectivity index (χ0n) is 14.9. The molecule has 0 N–H and O–H groups in total. The van der Waals surface area contributed by atoms with E-state index in [4.69, 9.17) is 4.74 Å². The number of pyridine rings is 2. The lowest BCUT2D eigenvalue weighted by Gasteiger charge is -2.34. The van der Waals surface area contributed by atoms with E-state index in [1.165, 1.54) is 22.3 Å². The van der Waals surface area contributed by atoms with E-state index in [0.717, 1.165) is 52.2 Å². The normalized spacial score (nSPS) is 20.8. The second-order valence-corrected chi connectivity index (χ2v) is 7.21. The van der Waals surface area contributed by atoms with Crippen molar-refractivity contribution < 1.29 is 4.74 Å². The Hall–Kier alpha value is -1.82. The van der Waals surface area contributed by atoms with Crippen molar-refractivity contribution in [3.63, 3.8) is 0 Å². The molecule has 5 nitrogen and oxygen atoms in total. The van der Waals surface area contributed by atoms with Crippen LogP contribution in [0.4, 0.5) is 0 Å². The Bertz CT molecular complexity index is 700. The van der Waals surface area contributed by atoms with E-state index in [1.807, 2.05) is 24.7 Å². The SMILES string of the molecule is CN(Cc1cccnc1)Cc1cncc2c1CCN([C@H]1CCOC1)C2. The van der Waals surface area contributed by atoms with E-state index in [9.17, 15) is 0 Å². The van der Waals surface area contributed by atoms with Crippen LogP contribution in [-0.4, -0.2) is 52.6 Å². The monoisotopic (exact) mass is 338 g/mol. The molecule has 4 heterocycles. The van der Waals surface area contributed by atoms with Crippen LogP contribution in [0.15, 0.2) is 36.9 Å². The van der Waals surface area contributed by atoms with Crippen LogP contribution >= 0.6 is 0 Å². The summed E-state index contributed by atoms with van der Waals surface area (Å²) < 4.78 is 5.56. The number of hydrogen-bond donors (Lipinski definition) is 0. The molecule has 2 aromatic rings. The van der Waals surface area contributed by atoms with Crippen LogP contribution in [0.2, 0.25) is 0 Å². The molecule has 1 fully saturated rings. The number of ether oxygens (including phenoxy) is 1. The fraction of sp³-hybridized carbons (Fsp3) is 0.500. The number of rotatable bonds is 5. The Morgan fingerprint density at radius 1 is 1.24 bits per heavy atom. The first-order valence-corrected chi connectivity index (χ1v) is 9.13. The van der Waals surface area contributed by atoms with Crippen molar-refractivity contribution in [2.45, 2.75) is 38.5 Å². The quantitative estimate of drug-likeness (QED) is 0.836. The third kappa shape index (κ3) is 3.89. The molecule has 0 saturated carbocycles. The minimum atomic E-state index is 0.588. The molecule has 132 valence electrons. The van der Waals surface area contributed by atoms with Crippen molar-refractivity contribution in [3.8, 4) is 0 Å². The van der Waals surface area contributed by atoms with Gasteiger partial charge < -0.3 is 4.74 Å². The average Bonchev–Trinajstić information content (AvgIpc) is 3.17. The van der Waals surface area contributed by atoms with E-state index < -0.39 is 0 Å². The van der Waals surface area contributed by atoms with Crippen molar-refractivity contribution in [2.24, 2.45) is 0 Å². The summed E-state index contributed by atoms with van der Waals surface area (Å²) in [5.74, 6) is 0. The Balaban J connectivity index is 1.44. The molecule has 2 aliphatic rings. The van der Waals surface area contributed by atoms with Gasteiger partial charge in [-0.3, -0.25) is 19.8 Å². The molecular formula is C20H26N4O. The number of fused-ring (bicyclic) bond motifs is 1. The molecule has 0 spiro atoms. The van der Waals surface area contributed by atoms with Crippen molar-refractivity contribution in [1.82, 2.24) is 19.8 Å². The van der Waals surface area contributed by atoms with Crippen LogP contribution in [0.3, 0.4) is 0 Å². The van der Waals surface area contributed by atoms with Gasteiger partial charge in [0.1, 0.15) is 0 Å². The summed E-state index contributed by atoms with van der Waals surface area (Å²) in [6.07, 6.45) is 10.1. The summed E-state index contributed by atoms with van der Waals surface area (Å²) in [6.45, 7) is 5.77. The number of aromatic nitrogens is 2. The zero-order valence-corrected chi connectivity index (χ0v) is 14.9. The fourth-order valence-corrected chi connectivity index (χ4v) is 4.00. The molecule has 0 aromatic carbocycles. The van der Waals surface area contributed by atoms with Crippen LogP contribution in [0.25, 0.3) is 0 Å². The van der Waals surface area contributed by atoms with E-state index in [1.54, 1.807) is 0 Å². The van der Waals surface area contributed by atoms with Crippen molar-refractivity contribution in [1.29, 1.82) is 0 Å². The van der Waals surface area contributed by atoms with E-state index >= 15 is 0 Å². The second-order valence-electron chi connectivity index (χ2n) is 7.21. The molecule has 2 aliphatic heterocycles. The van der Waals surface area contributed by atoms with Crippen LogP contribution in [0.1, 0.15) is 28.7 Å². The summed E-state index contributed by atoms with van der Waals surface area (Å²) in [4.78, 5) is 13.6. The predicted octanol–water partition coefficient (Wildman–Crippen LogP) is 2.26. The van der Waals surface area contributed by atoms with Gasteiger partial charge in [-0.25, -0.2) is 0 Å². The zero-order chi connectivity index (χ0) is 17.1. The molecule has 4 rings (SSSR count). The first-order valence-electron chi connectivity index (χ1n) is 9.13. The number of hydrogen-bond acceptors (Lipinski definition) is 5. The first-order chi connectivity index (χ1) is 12.3. The van der Waals surface area contributed by atoms with Gasteiger partial charge in [0.2, 0.25) is 0 Å². The molecule has 0 amide bonds. The first kappa shape index (κ1) is 16.6. The fourth-order valence-electron chi connectivity index (χ4n) is 4.00. The maximum absolute atomic E-state index is 5.56. The van der Waals surface area contributed by atoms with Crippen LogP contribution < -0.4 is 0 Å². The van der Waals surface area contributed by atoms with Crippen LogP contribution in [0, 0.1) is 0 Å². The molecule has 1 saturated heterocycles. The highest BCUT2D eigenvalue weighted by atomic mass is 16.5. The van der Waals surface area contributed by atoms with Gasteiger partial charge in [-0.2, -0.15) is 0 Å².